The molecule has 1 aromatic rings. The van der Waals surface area contributed by atoms with E-state index in [1.165, 1.54) is 6.42 Å². The molecule has 3 atom stereocenters. The fourth-order valence-electron chi connectivity index (χ4n) is 4.11. The summed E-state index contributed by atoms with van der Waals surface area (Å²) in [4.78, 5) is 6.70. The molecule has 3 rings (SSSR count). The summed E-state index contributed by atoms with van der Waals surface area (Å²) in [7, 11) is 3.48. The molecular formula is C22H36N4O3. The van der Waals surface area contributed by atoms with Crippen LogP contribution in [0.1, 0.15) is 38.7 Å². The highest BCUT2D eigenvalue weighted by molar-refractivity contribution is 5.80. The molecule has 0 spiro atoms. The summed E-state index contributed by atoms with van der Waals surface area (Å²) >= 11 is 0. The van der Waals surface area contributed by atoms with Crippen molar-refractivity contribution in [2.75, 3.05) is 40.4 Å². The van der Waals surface area contributed by atoms with Crippen LogP contribution in [0.3, 0.4) is 0 Å². The Bertz CT molecular complexity index is 678. The predicted molar refractivity (Wildman–Crippen MR) is 116 cm³/mol. The molecule has 2 bridgehead atoms. The first kappa shape index (κ1) is 21.7. The molecule has 2 aliphatic rings. The van der Waals surface area contributed by atoms with E-state index >= 15 is 0 Å². The Morgan fingerprint density at radius 1 is 1.24 bits per heavy atom. The number of methoxy groups -OCH3 is 1. The van der Waals surface area contributed by atoms with Gasteiger partial charge in [-0.15, -0.1) is 0 Å². The van der Waals surface area contributed by atoms with E-state index in [1.54, 1.807) is 14.2 Å². The van der Waals surface area contributed by atoms with Gasteiger partial charge in [0.05, 0.1) is 25.4 Å². The maximum absolute atomic E-state index is 5.94. The lowest BCUT2D eigenvalue weighted by Crippen LogP contribution is -2.47. The van der Waals surface area contributed by atoms with Crippen molar-refractivity contribution >= 4 is 5.96 Å². The van der Waals surface area contributed by atoms with Crippen LogP contribution in [-0.4, -0.2) is 69.5 Å². The van der Waals surface area contributed by atoms with Crippen LogP contribution < -0.4 is 20.1 Å². The lowest BCUT2D eigenvalue weighted by Gasteiger charge is -2.23. The van der Waals surface area contributed by atoms with Crippen LogP contribution in [0.15, 0.2) is 23.2 Å². The number of ether oxygens (including phenoxy) is 3. The van der Waals surface area contributed by atoms with Crippen LogP contribution in [0.4, 0.5) is 0 Å². The van der Waals surface area contributed by atoms with Crippen molar-refractivity contribution in [3.8, 4) is 11.5 Å². The fourth-order valence-corrected chi connectivity index (χ4v) is 4.11. The molecule has 7 heteroatoms. The summed E-state index contributed by atoms with van der Waals surface area (Å²) < 4.78 is 17.4. The van der Waals surface area contributed by atoms with Gasteiger partial charge in [-0.3, -0.25) is 4.99 Å². The Hall–Kier alpha value is -1.99. The van der Waals surface area contributed by atoms with Crippen LogP contribution in [0.2, 0.25) is 0 Å². The first-order valence-corrected chi connectivity index (χ1v) is 10.8. The Labute approximate surface area is 174 Å². The minimum atomic E-state index is 0.325. The number of likely N-dealkylation sites (N-methyl/N-ethyl adjacent to an activating group) is 1. The number of hydrogen-bond donors (Lipinski definition) is 2. The molecule has 162 valence electrons. The number of aliphatic imine (C=N–C) groups is 1. The van der Waals surface area contributed by atoms with E-state index in [1.807, 2.05) is 12.1 Å². The molecule has 2 aliphatic heterocycles. The maximum Gasteiger partial charge on any atom is 0.191 e. The van der Waals surface area contributed by atoms with Gasteiger partial charge >= 0.3 is 0 Å². The van der Waals surface area contributed by atoms with E-state index in [2.05, 4.69) is 40.4 Å². The summed E-state index contributed by atoms with van der Waals surface area (Å²) in [5, 5.41) is 6.91. The van der Waals surface area contributed by atoms with Gasteiger partial charge in [-0.2, -0.15) is 0 Å². The van der Waals surface area contributed by atoms with Crippen LogP contribution >= 0.6 is 0 Å². The lowest BCUT2D eigenvalue weighted by atomic mass is 9.96. The SMILES string of the molecule is CCN(CC)CCOc1ccc(CNC(=NC)NC2CC3CCC2O3)cc1OC. The molecule has 2 fully saturated rings. The first-order chi connectivity index (χ1) is 14.2. The molecule has 29 heavy (non-hydrogen) atoms. The van der Waals surface area contributed by atoms with E-state index < -0.39 is 0 Å². The molecule has 0 saturated carbocycles. The molecule has 3 unspecified atom stereocenters. The molecule has 0 radical (unpaired) electrons. The normalized spacial score (nSPS) is 23.5. The minimum absolute atomic E-state index is 0.325. The zero-order chi connectivity index (χ0) is 20.6. The van der Waals surface area contributed by atoms with Gasteiger partial charge < -0.3 is 29.7 Å². The van der Waals surface area contributed by atoms with Crippen molar-refractivity contribution in [2.45, 2.75) is 57.9 Å². The summed E-state index contributed by atoms with van der Waals surface area (Å²) in [5.74, 6) is 2.35. The highest BCUT2D eigenvalue weighted by atomic mass is 16.5. The minimum Gasteiger partial charge on any atom is -0.493 e. The van der Waals surface area contributed by atoms with Gasteiger partial charge in [0.2, 0.25) is 0 Å². The Morgan fingerprint density at radius 2 is 2.07 bits per heavy atom. The van der Waals surface area contributed by atoms with E-state index in [-0.39, 0.29) is 0 Å². The quantitative estimate of drug-likeness (QED) is 0.461. The second-order valence-corrected chi connectivity index (χ2v) is 7.65. The van der Waals surface area contributed by atoms with Crippen LogP contribution in [0, 0.1) is 0 Å². The molecule has 0 amide bonds. The third kappa shape index (κ3) is 5.76. The van der Waals surface area contributed by atoms with Gasteiger partial charge in [-0.1, -0.05) is 19.9 Å². The average Bonchev–Trinajstić information content (AvgIpc) is 3.38. The van der Waals surface area contributed by atoms with Crippen molar-refractivity contribution in [2.24, 2.45) is 4.99 Å². The number of hydrogen-bond acceptors (Lipinski definition) is 5. The van der Waals surface area contributed by atoms with Gasteiger partial charge in [0.25, 0.3) is 0 Å². The Balaban J connectivity index is 1.49. The zero-order valence-electron chi connectivity index (χ0n) is 18.2. The summed E-state index contributed by atoms with van der Waals surface area (Å²) in [6.07, 6.45) is 4.16. The summed E-state index contributed by atoms with van der Waals surface area (Å²) in [6.45, 7) is 8.62. The second kappa shape index (κ2) is 10.7. The van der Waals surface area contributed by atoms with Gasteiger partial charge in [0.15, 0.2) is 17.5 Å². The number of benzene rings is 1. The zero-order valence-corrected chi connectivity index (χ0v) is 18.2. The van der Waals surface area contributed by atoms with E-state index in [4.69, 9.17) is 14.2 Å². The standard InChI is InChI=1S/C22H36N4O3/c1-5-26(6-2)11-12-28-20-9-7-16(13-21(20)27-4)15-24-22(23-3)25-18-14-17-8-10-19(18)29-17/h7,9,13,17-19H,5-6,8,10-12,14-15H2,1-4H3,(H2,23,24,25). The highest BCUT2D eigenvalue weighted by Gasteiger charge is 2.41. The van der Waals surface area contributed by atoms with Crippen LogP contribution in [0.25, 0.3) is 0 Å². The van der Waals surface area contributed by atoms with E-state index in [0.717, 1.165) is 55.5 Å². The highest BCUT2D eigenvalue weighted by Crippen LogP contribution is 2.34. The maximum atomic E-state index is 5.94. The number of guanidine groups is 1. The molecule has 7 nitrogen and oxygen atoms in total. The first-order valence-electron chi connectivity index (χ1n) is 10.8. The van der Waals surface area contributed by atoms with Crippen molar-refractivity contribution < 1.29 is 14.2 Å². The second-order valence-electron chi connectivity index (χ2n) is 7.65. The molecule has 1 aromatic carbocycles. The Morgan fingerprint density at radius 3 is 2.69 bits per heavy atom. The van der Waals surface area contributed by atoms with Gasteiger partial charge in [-0.25, -0.2) is 0 Å². The predicted octanol–water partition coefficient (Wildman–Crippen LogP) is 2.40. The number of fused-ring (bicyclic) bond motifs is 2. The number of nitrogens with one attached hydrogen (secondary N) is 2. The van der Waals surface area contributed by atoms with E-state index in [9.17, 15) is 0 Å². The number of nitrogens with zero attached hydrogens (tertiary/aromatic N) is 2. The van der Waals surface area contributed by atoms with Crippen LogP contribution in [-0.2, 0) is 11.3 Å². The fraction of sp³-hybridized carbons (Fsp3) is 0.682. The average molecular weight is 405 g/mol. The van der Waals surface area contributed by atoms with Crippen molar-refractivity contribution in [3.63, 3.8) is 0 Å². The third-order valence-electron chi connectivity index (χ3n) is 5.90. The Kier molecular flexibility index (Phi) is 8.00. The summed E-state index contributed by atoms with van der Waals surface area (Å²) in [5.41, 5.74) is 1.12. The van der Waals surface area contributed by atoms with Crippen molar-refractivity contribution in [1.29, 1.82) is 0 Å². The number of rotatable bonds is 10. The molecule has 0 aromatic heterocycles. The molecular weight excluding hydrogens is 368 g/mol. The van der Waals surface area contributed by atoms with Crippen molar-refractivity contribution in [1.82, 2.24) is 15.5 Å². The van der Waals surface area contributed by atoms with Gasteiger partial charge in [0.1, 0.15) is 6.61 Å². The molecule has 2 N–H and O–H groups in total. The molecule has 2 saturated heterocycles. The van der Waals surface area contributed by atoms with Gasteiger partial charge in [-0.05, 0) is 50.0 Å². The monoisotopic (exact) mass is 404 g/mol. The van der Waals surface area contributed by atoms with Crippen LogP contribution in [0.5, 0.6) is 11.5 Å². The molecule has 0 aliphatic carbocycles. The lowest BCUT2D eigenvalue weighted by molar-refractivity contribution is 0.0992. The van der Waals surface area contributed by atoms with Gasteiger partial charge in [0, 0.05) is 20.1 Å². The summed E-state index contributed by atoms with van der Waals surface area (Å²) in [6, 6.07) is 6.43. The largest absolute Gasteiger partial charge is 0.493 e. The topological polar surface area (TPSA) is 67.4 Å². The third-order valence-corrected chi connectivity index (χ3v) is 5.90. The van der Waals surface area contributed by atoms with Crippen molar-refractivity contribution in [3.05, 3.63) is 23.8 Å². The van der Waals surface area contributed by atoms with E-state index in [0.29, 0.717) is 31.4 Å². The smallest absolute Gasteiger partial charge is 0.191 e. The molecule has 2 heterocycles.